The number of fused-ring (bicyclic) bond motifs is 1. The lowest BCUT2D eigenvalue weighted by Crippen LogP contribution is -2.11. The zero-order valence-corrected chi connectivity index (χ0v) is 11.6. The molecule has 20 heavy (non-hydrogen) atoms. The zero-order chi connectivity index (χ0) is 14.1. The summed E-state index contributed by atoms with van der Waals surface area (Å²) in [7, 11) is 0. The third-order valence-corrected chi connectivity index (χ3v) is 4.17. The fourth-order valence-electron chi connectivity index (χ4n) is 2.00. The van der Waals surface area contributed by atoms with E-state index >= 15 is 0 Å². The van der Waals surface area contributed by atoms with Crippen molar-refractivity contribution < 1.29 is 9.18 Å². The Bertz CT molecular complexity index is 778. The van der Waals surface area contributed by atoms with Crippen molar-refractivity contribution in [1.29, 1.82) is 0 Å². The van der Waals surface area contributed by atoms with Gasteiger partial charge in [-0.15, -0.1) is 11.3 Å². The molecule has 0 radical (unpaired) electrons. The Hall–Kier alpha value is -2.21. The van der Waals surface area contributed by atoms with E-state index in [4.69, 9.17) is 0 Å². The van der Waals surface area contributed by atoms with Crippen LogP contribution in [0.1, 0.15) is 22.2 Å². The highest BCUT2D eigenvalue weighted by Crippen LogP contribution is 2.28. The molecule has 0 bridgehead atoms. The lowest BCUT2D eigenvalue weighted by molar-refractivity contribution is 0.103. The maximum Gasteiger partial charge on any atom is 0.266 e. The van der Waals surface area contributed by atoms with Crippen LogP contribution in [0.5, 0.6) is 0 Å². The summed E-state index contributed by atoms with van der Waals surface area (Å²) in [4.78, 5) is 12.7. The molecule has 0 saturated heterocycles. The number of nitrogens with one attached hydrogen (secondary N) is 2. The topological polar surface area (TPSA) is 57.8 Å². The van der Waals surface area contributed by atoms with Crippen LogP contribution in [0.25, 0.3) is 10.1 Å². The van der Waals surface area contributed by atoms with Crippen LogP contribution >= 0.6 is 11.3 Å². The van der Waals surface area contributed by atoms with Gasteiger partial charge in [0, 0.05) is 15.6 Å². The minimum absolute atomic E-state index is 0.260. The number of amides is 1. The molecule has 1 amide bonds. The number of H-pyrrole nitrogens is 1. The van der Waals surface area contributed by atoms with Crippen LogP contribution in [0.3, 0.4) is 0 Å². The van der Waals surface area contributed by atoms with Gasteiger partial charge in [-0.3, -0.25) is 9.89 Å². The second-order valence-electron chi connectivity index (χ2n) is 4.34. The molecule has 0 unspecified atom stereocenters. The van der Waals surface area contributed by atoms with E-state index in [0.29, 0.717) is 16.1 Å². The second-order valence-corrected chi connectivity index (χ2v) is 5.42. The molecule has 6 heteroatoms. The van der Waals surface area contributed by atoms with Crippen molar-refractivity contribution in [2.75, 3.05) is 5.32 Å². The number of aryl methyl sites for hydroxylation is 1. The predicted molar refractivity (Wildman–Crippen MR) is 77.7 cm³/mol. The summed E-state index contributed by atoms with van der Waals surface area (Å²) in [5, 5.41) is 9.90. The predicted octanol–water partition coefficient (Wildman–Crippen LogP) is 3.58. The lowest BCUT2D eigenvalue weighted by Gasteiger charge is -2.02. The standard InChI is InChI=1S/C14H12FN3OS/c1-2-8-7-16-18-13(8)17-14(19)12-6-9-10(15)4-3-5-11(9)20-12/h3-7H,2H2,1H3,(H2,16,17,18,19). The Morgan fingerprint density at radius 3 is 3.10 bits per heavy atom. The highest BCUT2D eigenvalue weighted by atomic mass is 32.1. The van der Waals surface area contributed by atoms with Gasteiger partial charge in [-0.25, -0.2) is 4.39 Å². The van der Waals surface area contributed by atoms with E-state index in [0.717, 1.165) is 16.7 Å². The molecule has 0 atom stereocenters. The zero-order valence-electron chi connectivity index (χ0n) is 10.7. The summed E-state index contributed by atoms with van der Waals surface area (Å²) in [5.41, 5.74) is 0.936. The molecule has 0 aliphatic carbocycles. The number of thiophene rings is 1. The number of rotatable bonds is 3. The molecular weight excluding hydrogens is 277 g/mol. The van der Waals surface area contributed by atoms with Gasteiger partial charge < -0.3 is 5.32 Å². The molecular formula is C14H12FN3OS. The third kappa shape index (κ3) is 2.18. The van der Waals surface area contributed by atoms with Crippen LogP contribution in [0.2, 0.25) is 0 Å². The average molecular weight is 289 g/mol. The molecule has 3 aromatic rings. The van der Waals surface area contributed by atoms with Crippen LogP contribution in [0.4, 0.5) is 10.2 Å². The Labute approximate surface area is 118 Å². The fraction of sp³-hybridized carbons (Fsp3) is 0.143. The Kier molecular flexibility index (Phi) is 3.23. The van der Waals surface area contributed by atoms with Gasteiger partial charge in [0.2, 0.25) is 0 Å². The second kappa shape index (κ2) is 5.05. The van der Waals surface area contributed by atoms with Crippen molar-refractivity contribution in [3.8, 4) is 0 Å². The Balaban J connectivity index is 1.91. The SMILES string of the molecule is CCc1cn[nH]c1NC(=O)c1cc2c(F)cccc2s1. The molecule has 2 heterocycles. The number of halogens is 1. The fourth-order valence-corrected chi connectivity index (χ4v) is 2.97. The minimum Gasteiger partial charge on any atom is -0.306 e. The smallest absolute Gasteiger partial charge is 0.266 e. The van der Waals surface area contributed by atoms with Gasteiger partial charge in [-0.2, -0.15) is 5.10 Å². The highest BCUT2D eigenvalue weighted by molar-refractivity contribution is 7.20. The molecule has 1 aromatic carbocycles. The average Bonchev–Trinajstić information content (AvgIpc) is 3.05. The number of aromatic amines is 1. The molecule has 2 N–H and O–H groups in total. The van der Waals surface area contributed by atoms with Crippen molar-refractivity contribution in [3.05, 3.63) is 46.7 Å². The summed E-state index contributed by atoms with van der Waals surface area (Å²) >= 11 is 1.27. The van der Waals surface area contributed by atoms with Crippen molar-refractivity contribution in [1.82, 2.24) is 10.2 Å². The van der Waals surface area contributed by atoms with Crippen molar-refractivity contribution >= 4 is 33.1 Å². The Morgan fingerprint density at radius 2 is 2.35 bits per heavy atom. The van der Waals surface area contributed by atoms with E-state index in [2.05, 4.69) is 15.5 Å². The normalized spacial score (nSPS) is 10.9. The maximum absolute atomic E-state index is 13.6. The number of hydrogen-bond acceptors (Lipinski definition) is 3. The molecule has 0 fully saturated rings. The van der Waals surface area contributed by atoms with E-state index in [1.807, 2.05) is 6.92 Å². The van der Waals surface area contributed by atoms with E-state index in [1.54, 1.807) is 24.4 Å². The number of benzene rings is 1. The monoisotopic (exact) mass is 289 g/mol. The van der Waals surface area contributed by atoms with E-state index in [9.17, 15) is 9.18 Å². The van der Waals surface area contributed by atoms with Crippen molar-refractivity contribution in [2.45, 2.75) is 13.3 Å². The first-order chi connectivity index (χ1) is 9.69. The van der Waals surface area contributed by atoms with E-state index in [-0.39, 0.29) is 11.7 Å². The molecule has 0 spiro atoms. The van der Waals surface area contributed by atoms with Crippen molar-refractivity contribution in [2.24, 2.45) is 0 Å². The van der Waals surface area contributed by atoms with Gasteiger partial charge in [0.1, 0.15) is 11.6 Å². The van der Waals surface area contributed by atoms with Gasteiger partial charge in [0.05, 0.1) is 11.1 Å². The summed E-state index contributed by atoms with van der Waals surface area (Å²) in [6.07, 6.45) is 2.45. The van der Waals surface area contributed by atoms with Crippen LogP contribution in [-0.4, -0.2) is 16.1 Å². The number of carbonyl (C=O) groups excluding carboxylic acids is 1. The summed E-state index contributed by atoms with van der Waals surface area (Å²) in [5.74, 6) is 0.0218. The largest absolute Gasteiger partial charge is 0.306 e. The Morgan fingerprint density at radius 1 is 1.50 bits per heavy atom. The van der Waals surface area contributed by atoms with Gasteiger partial charge in [-0.05, 0) is 24.6 Å². The molecule has 4 nitrogen and oxygen atoms in total. The first-order valence-electron chi connectivity index (χ1n) is 6.20. The summed E-state index contributed by atoms with van der Waals surface area (Å²) in [6, 6.07) is 6.40. The number of hydrogen-bond donors (Lipinski definition) is 2. The maximum atomic E-state index is 13.6. The first kappa shape index (κ1) is 12.8. The van der Waals surface area contributed by atoms with Crippen LogP contribution in [0.15, 0.2) is 30.5 Å². The minimum atomic E-state index is -0.311. The molecule has 3 rings (SSSR count). The van der Waals surface area contributed by atoms with Gasteiger partial charge in [0.15, 0.2) is 0 Å². The first-order valence-corrected chi connectivity index (χ1v) is 7.02. The summed E-state index contributed by atoms with van der Waals surface area (Å²) < 4.78 is 14.4. The lowest BCUT2D eigenvalue weighted by atomic mass is 10.2. The van der Waals surface area contributed by atoms with Crippen molar-refractivity contribution in [3.63, 3.8) is 0 Å². The van der Waals surface area contributed by atoms with Crippen LogP contribution < -0.4 is 5.32 Å². The summed E-state index contributed by atoms with van der Waals surface area (Å²) in [6.45, 7) is 1.98. The van der Waals surface area contributed by atoms with E-state index < -0.39 is 0 Å². The van der Waals surface area contributed by atoms with Crippen LogP contribution in [0, 0.1) is 5.82 Å². The van der Waals surface area contributed by atoms with Gasteiger partial charge >= 0.3 is 0 Å². The molecule has 0 saturated carbocycles. The molecule has 102 valence electrons. The number of anilines is 1. The highest BCUT2D eigenvalue weighted by Gasteiger charge is 2.14. The number of nitrogens with zero attached hydrogens (tertiary/aromatic N) is 1. The number of aromatic nitrogens is 2. The third-order valence-electron chi connectivity index (χ3n) is 3.07. The quantitative estimate of drug-likeness (QED) is 0.774. The number of carbonyl (C=O) groups is 1. The molecule has 0 aliphatic heterocycles. The van der Waals surface area contributed by atoms with E-state index in [1.165, 1.54) is 17.4 Å². The van der Waals surface area contributed by atoms with Crippen LogP contribution in [-0.2, 0) is 6.42 Å². The molecule has 0 aliphatic rings. The molecule has 2 aromatic heterocycles. The van der Waals surface area contributed by atoms with Gasteiger partial charge in [-0.1, -0.05) is 13.0 Å². The van der Waals surface area contributed by atoms with Gasteiger partial charge in [0.25, 0.3) is 5.91 Å².